The van der Waals surface area contributed by atoms with E-state index in [4.69, 9.17) is 4.74 Å². The smallest absolute Gasteiger partial charge is 0.331 e. The Bertz CT molecular complexity index is 2510. The zero-order valence-electron chi connectivity index (χ0n) is 35.5. The topological polar surface area (TPSA) is 215 Å². The number of nitro groups is 1. The van der Waals surface area contributed by atoms with E-state index in [-0.39, 0.29) is 24.6 Å². The standard InChI is InChI=1S/C45H52N6O9/c1-41(2,46-33(52)24-30-19-18-29-17-16-27-12-11-13-28-20-23-32(30)35(29)34(27)28)36(53)47-42(3,4)37(54)48-43(5,6)38(55)49-44(7,8)39(56)50-45(9,10)40(57)60-25-26-14-21-31(22-15-26)51(58)59/h11-23H,24-25H2,1-10H3,(H,46,52)(H,47,53)(H,48,54)(H,49,55)(H,50,56). The molecule has 0 aliphatic rings. The first kappa shape index (κ1) is 44.5. The summed E-state index contributed by atoms with van der Waals surface area (Å²) in [6, 6.07) is 23.7. The fraction of sp³-hybridized carbons (Fsp3) is 0.378. The van der Waals surface area contributed by atoms with Crippen LogP contribution >= 0.6 is 0 Å². The van der Waals surface area contributed by atoms with E-state index in [0.717, 1.165) is 37.9 Å². The van der Waals surface area contributed by atoms with Crippen molar-refractivity contribution in [3.8, 4) is 0 Å². The van der Waals surface area contributed by atoms with Crippen molar-refractivity contribution in [1.82, 2.24) is 26.6 Å². The first-order valence-electron chi connectivity index (χ1n) is 19.4. The van der Waals surface area contributed by atoms with E-state index >= 15 is 0 Å². The molecule has 5 aromatic rings. The van der Waals surface area contributed by atoms with Gasteiger partial charge in [0, 0.05) is 12.1 Å². The van der Waals surface area contributed by atoms with Crippen LogP contribution in [0.1, 0.15) is 80.4 Å². The van der Waals surface area contributed by atoms with Crippen molar-refractivity contribution < 1.29 is 38.4 Å². The second-order valence-corrected chi connectivity index (χ2v) is 17.7. The van der Waals surface area contributed by atoms with Gasteiger partial charge in [-0.05, 0) is 125 Å². The maximum atomic E-state index is 13.6. The number of nitrogens with zero attached hydrogens (tertiary/aromatic N) is 1. The number of hydrogen-bond acceptors (Lipinski definition) is 9. The van der Waals surface area contributed by atoms with Crippen LogP contribution < -0.4 is 26.6 Å². The Morgan fingerprint density at radius 2 is 0.950 bits per heavy atom. The van der Waals surface area contributed by atoms with Gasteiger partial charge in [-0.25, -0.2) is 4.79 Å². The quantitative estimate of drug-likeness (QED) is 0.0403. The van der Waals surface area contributed by atoms with E-state index in [1.54, 1.807) is 0 Å². The predicted molar refractivity (Wildman–Crippen MR) is 228 cm³/mol. The maximum Gasteiger partial charge on any atom is 0.331 e. The van der Waals surface area contributed by atoms with Crippen LogP contribution in [0.25, 0.3) is 32.3 Å². The fourth-order valence-electron chi connectivity index (χ4n) is 6.60. The number of carbonyl (C=O) groups excluding carboxylic acids is 6. The van der Waals surface area contributed by atoms with Crippen molar-refractivity contribution >= 4 is 73.5 Å². The van der Waals surface area contributed by atoms with E-state index in [9.17, 15) is 38.9 Å². The molecule has 0 saturated heterocycles. The second kappa shape index (κ2) is 16.2. The van der Waals surface area contributed by atoms with Crippen LogP contribution in [0.15, 0.2) is 78.9 Å². The molecular formula is C45H52N6O9. The molecule has 60 heavy (non-hydrogen) atoms. The van der Waals surface area contributed by atoms with E-state index in [1.807, 2.05) is 30.3 Å². The minimum absolute atomic E-state index is 0.0122. The number of rotatable bonds is 15. The van der Waals surface area contributed by atoms with Gasteiger partial charge >= 0.3 is 5.97 Å². The molecule has 0 aliphatic carbocycles. The molecule has 0 aromatic heterocycles. The van der Waals surface area contributed by atoms with Gasteiger partial charge in [0.1, 0.15) is 34.3 Å². The summed E-state index contributed by atoms with van der Waals surface area (Å²) in [5.74, 6) is -4.01. The summed E-state index contributed by atoms with van der Waals surface area (Å²) in [5.41, 5.74) is -6.53. The molecule has 0 atom stereocenters. The van der Waals surface area contributed by atoms with Crippen molar-refractivity contribution in [2.45, 2.75) is 110 Å². The van der Waals surface area contributed by atoms with Gasteiger partial charge in [0.05, 0.1) is 11.3 Å². The molecule has 5 N–H and O–H groups in total. The van der Waals surface area contributed by atoms with Crippen molar-refractivity contribution in [2.24, 2.45) is 0 Å². The average Bonchev–Trinajstić information content (AvgIpc) is 3.15. The minimum Gasteiger partial charge on any atom is -0.459 e. The Labute approximate surface area is 347 Å². The monoisotopic (exact) mass is 820 g/mol. The molecule has 0 fully saturated rings. The molecule has 0 heterocycles. The highest BCUT2D eigenvalue weighted by Gasteiger charge is 2.43. The fourth-order valence-corrected chi connectivity index (χ4v) is 6.60. The highest BCUT2D eigenvalue weighted by Crippen LogP contribution is 2.36. The lowest BCUT2D eigenvalue weighted by Gasteiger charge is -2.36. The van der Waals surface area contributed by atoms with Gasteiger partial charge in [0.2, 0.25) is 29.5 Å². The number of non-ortho nitro benzene ring substituents is 1. The molecule has 5 rings (SSSR count). The molecular weight excluding hydrogens is 769 g/mol. The van der Waals surface area contributed by atoms with Crippen molar-refractivity contribution in [3.63, 3.8) is 0 Å². The van der Waals surface area contributed by atoms with Gasteiger partial charge < -0.3 is 31.3 Å². The first-order valence-corrected chi connectivity index (χ1v) is 19.4. The van der Waals surface area contributed by atoms with Gasteiger partial charge in [-0.2, -0.15) is 0 Å². The predicted octanol–water partition coefficient (Wildman–Crippen LogP) is 5.25. The van der Waals surface area contributed by atoms with Crippen LogP contribution in [-0.4, -0.2) is 68.1 Å². The molecule has 0 bridgehead atoms. The minimum atomic E-state index is -1.60. The van der Waals surface area contributed by atoms with Crippen molar-refractivity contribution in [3.05, 3.63) is 100 Å². The summed E-state index contributed by atoms with van der Waals surface area (Å²) in [6.45, 7) is 14.3. The van der Waals surface area contributed by atoms with Gasteiger partial charge in [-0.1, -0.05) is 54.6 Å². The van der Waals surface area contributed by atoms with Crippen LogP contribution in [-0.2, 0) is 46.5 Å². The van der Waals surface area contributed by atoms with E-state index < -0.39 is 62.2 Å². The Balaban J connectivity index is 1.15. The zero-order chi connectivity index (χ0) is 44.6. The Hall–Kier alpha value is -6.64. The highest BCUT2D eigenvalue weighted by atomic mass is 16.6. The number of nitro benzene ring substituents is 1. The van der Waals surface area contributed by atoms with Crippen LogP contribution in [0.5, 0.6) is 0 Å². The molecule has 0 spiro atoms. The number of nitrogens with one attached hydrogen (secondary N) is 5. The molecule has 5 amide bonds. The summed E-state index contributed by atoms with van der Waals surface area (Å²) in [7, 11) is 0. The van der Waals surface area contributed by atoms with E-state index in [1.165, 1.54) is 93.5 Å². The average molecular weight is 821 g/mol. The Morgan fingerprint density at radius 3 is 1.43 bits per heavy atom. The lowest BCUT2D eigenvalue weighted by atomic mass is 9.91. The largest absolute Gasteiger partial charge is 0.459 e. The molecule has 15 nitrogen and oxygen atoms in total. The Morgan fingerprint density at radius 1 is 0.533 bits per heavy atom. The van der Waals surface area contributed by atoms with E-state index in [0.29, 0.717) is 5.56 Å². The van der Waals surface area contributed by atoms with Crippen LogP contribution in [0.3, 0.4) is 0 Å². The third kappa shape index (κ3) is 9.62. The SMILES string of the molecule is CC(C)(NC(=O)Cc1ccc2ccc3cccc4ccc1c2c34)C(=O)NC(C)(C)C(=O)NC(C)(C)C(=O)NC(C)(C)C(=O)NC(C)(C)C(=O)OCc1ccc([N+](=O)[O-])cc1. The molecule has 5 aromatic carbocycles. The number of ether oxygens (including phenoxy) is 1. The normalized spacial score (nSPS) is 12.5. The zero-order valence-corrected chi connectivity index (χ0v) is 35.5. The number of esters is 1. The van der Waals surface area contributed by atoms with Crippen molar-refractivity contribution in [1.29, 1.82) is 0 Å². The van der Waals surface area contributed by atoms with Gasteiger partial charge in [0.25, 0.3) is 5.69 Å². The van der Waals surface area contributed by atoms with Gasteiger partial charge in [-0.3, -0.25) is 34.1 Å². The van der Waals surface area contributed by atoms with Crippen molar-refractivity contribution in [2.75, 3.05) is 0 Å². The Kier molecular flexibility index (Phi) is 12.0. The lowest BCUT2D eigenvalue weighted by molar-refractivity contribution is -0.384. The maximum absolute atomic E-state index is 13.6. The van der Waals surface area contributed by atoms with Crippen LogP contribution in [0.2, 0.25) is 0 Å². The molecule has 15 heteroatoms. The molecule has 316 valence electrons. The number of carbonyl (C=O) groups is 6. The number of benzene rings is 5. The molecule has 0 aliphatic heterocycles. The summed E-state index contributed by atoms with van der Waals surface area (Å²) in [4.78, 5) is 90.8. The highest BCUT2D eigenvalue weighted by molar-refractivity contribution is 6.23. The third-order valence-electron chi connectivity index (χ3n) is 10.4. The number of hydrogen-bond donors (Lipinski definition) is 5. The van der Waals surface area contributed by atoms with Gasteiger partial charge in [-0.15, -0.1) is 0 Å². The summed E-state index contributed by atoms with van der Waals surface area (Å²) in [5, 5.41) is 30.7. The molecule has 0 unspecified atom stereocenters. The second-order valence-electron chi connectivity index (χ2n) is 17.7. The third-order valence-corrected chi connectivity index (χ3v) is 10.4. The van der Waals surface area contributed by atoms with E-state index in [2.05, 4.69) is 50.8 Å². The molecule has 0 saturated carbocycles. The first-order chi connectivity index (χ1) is 27.7. The van der Waals surface area contributed by atoms with Gasteiger partial charge in [0.15, 0.2) is 0 Å². The molecule has 0 radical (unpaired) electrons. The summed E-state index contributed by atoms with van der Waals surface area (Å²) >= 11 is 0. The van der Waals surface area contributed by atoms with Crippen LogP contribution in [0, 0.1) is 10.1 Å². The number of amides is 5. The summed E-state index contributed by atoms with van der Waals surface area (Å²) in [6.07, 6.45) is 0.0122. The summed E-state index contributed by atoms with van der Waals surface area (Å²) < 4.78 is 5.33. The lowest BCUT2D eigenvalue weighted by Crippen LogP contribution is -2.68. The van der Waals surface area contributed by atoms with Crippen LogP contribution in [0.4, 0.5) is 5.69 Å².